The molecule has 2 aromatic carbocycles. The number of phenols is 2. The lowest BCUT2D eigenvalue weighted by atomic mass is 9.72. The van der Waals surface area contributed by atoms with Crippen LogP contribution in [0, 0.1) is 0 Å². The first kappa shape index (κ1) is 28.1. The Labute approximate surface area is 229 Å². The number of phenolic OH excluding ortho intramolecular Hbond substituents is 2. The fraction of sp³-hybridized carbons (Fsp3) is 0.464. The molecule has 12 heteroatoms. The largest absolute Gasteiger partial charge is 0.507 e. The summed E-state index contributed by atoms with van der Waals surface area (Å²) < 4.78 is 17.2. The Morgan fingerprint density at radius 2 is 1.85 bits per heavy atom. The number of hydrogen-bond acceptors (Lipinski definition) is 12. The van der Waals surface area contributed by atoms with Gasteiger partial charge in [-0.3, -0.25) is 14.4 Å². The van der Waals surface area contributed by atoms with Crippen molar-refractivity contribution in [3.63, 3.8) is 0 Å². The normalized spacial score (nSPS) is 29.4. The molecule has 5 rings (SSSR count). The number of aliphatic hydroxyl groups is 3. The summed E-state index contributed by atoms with van der Waals surface area (Å²) >= 11 is 0. The van der Waals surface area contributed by atoms with Crippen molar-refractivity contribution in [1.29, 1.82) is 0 Å². The first-order valence-corrected chi connectivity index (χ1v) is 12.9. The van der Waals surface area contributed by atoms with Gasteiger partial charge < -0.3 is 45.1 Å². The smallest absolute Gasteiger partial charge is 0.202 e. The number of aromatic hydroxyl groups is 2. The third-order valence-electron chi connectivity index (χ3n) is 8.13. The van der Waals surface area contributed by atoms with Crippen molar-refractivity contribution in [1.82, 2.24) is 5.32 Å². The molecule has 2 aliphatic carbocycles. The van der Waals surface area contributed by atoms with Crippen molar-refractivity contribution in [2.45, 2.75) is 62.4 Å². The molecule has 3 aliphatic rings. The monoisotopic (exact) mass is 557 g/mol. The number of rotatable bonds is 6. The van der Waals surface area contributed by atoms with Gasteiger partial charge in [0.25, 0.3) is 0 Å². The highest BCUT2D eigenvalue weighted by atomic mass is 16.7. The van der Waals surface area contributed by atoms with Crippen LogP contribution < -0.4 is 10.1 Å². The van der Waals surface area contributed by atoms with Gasteiger partial charge >= 0.3 is 0 Å². The molecule has 0 aromatic heterocycles. The highest BCUT2D eigenvalue weighted by Crippen LogP contribution is 2.52. The molecule has 1 heterocycles. The van der Waals surface area contributed by atoms with Gasteiger partial charge in [0.2, 0.25) is 5.78 Å². The number of carbonyl (C=O) groups excluding carboxylic acids is 3. The third-order valence-corrected chi connectivity index (χ3v) is 8.13. The summed E-state index contributed by atoms with van der Waals surface area (Å²) in [5, 5.41) is 57.1. The van der Waals surface area contributed by atoms with E-state index in [0.717, 1.165) is 0 Å². The Bertz CT molecular complexity index is 1410. The standard InChI is InChI=1S/C28H31NO11/c1-11-23(32)14(29-2)7-18(39-11)40-16-9-28(37,17(31)10-30)8-13-20(16)27(36)22-21(25(13)34)24(33)12-5-4-6-15(38-3)19(12)26(22)35/h4-6,11,14,16,18,23,29-30,32,34,36-37H,7-10H2,1-3H3/t11-,14-,16-,18-,23-,28-/m0/s1. The van der Waals surface area contributed by atoms with Gasteiger partial charge in [-0.15, -0.1) is 0 Å². The van der Waals surface area contributed by atoms with Crippen LogP contribution in [0.5, 0.6) is 17.2 Å². The number of ether oxygens (including phenoxy) is 3. The number of likely N-dealkylation sites (N-methyl/N-ethyl adjacent to an activating group) is 1. The Balaban J connectivity index is 1.68. The summed E-state index contributed by atoms with van der Waals surface area (Å²) in [7, 11) is 2.99. The number of Topliss-reactive ketones (excluding diaryl/α,β-unsaturated/α-hetero) is 1. The molecule has 40 heavy (non-hydrogen) atoms. The van der Waals surface area contributed by atoms with Crippen molar-refractivity contribution in [3.05, 3.63) is 51.6 Å². The van der Waals surface area contributed by atoms with E-state index in [2.05, 4.69) is 5.32 Å². The van der Waals surface area contributed by atoms with Crippen LogP contribution in [0.3, 0.4) is 0 Å². The quantitative estimate of drug-likeness (QED) is 0.227. The molecule has 2 aromatic rings. The average molecular weight is 558 g/mol. The Kier molecular flexibility index (Phi) is 7.19. The summed E-state index contributed by atoms with van der Waals surface area (Å²) in [5.74, 6) is -3.69. The number of carbonyl (C=O) groups is 3. The van der Waals surface area contributed by atoms with Crippen molar-refractivity contribution in [2.75, 3.05) is 20.8 Å². The van der Waals surface area contributed by atoms with Crippen molar-refractivity contribution in [3.8, 4) is 17.2 Å². The number of fused-ring (bicyclic) bond motifs is 3. The van der Waals surface area contributed by atoms with E-state index in [0.29, 0.717) is 0 Å². The number of aliphatic hydroxyl groups excluding tert-OH is 2. The number of hydrogen-bond donors (Lipinski definition) is 6. The molecular weight excluding hydrogens is 526 g/mol. The summed E-state index contributed by atoms with van der Waals surface area (Å²) in [6.45, 7) is 0.631. The maximum atomic E-state index is 13.7. The van der Waals surface area contributed by atoms with E-state index in [4.69, 9.17) is 14.2 Å². The minimum absolute atomic E-state index is 0.0435. The van der Waals surface area contributed by atoms with Crippen LogP contribution in [0.15, 0.2) is 18.2 Å². The number of ketones is 3. The SMILES string of the molecule is CN[C@H]1C[C@H](O[C@H]2C[C@](O)(C(=O)CO)Cc3c(O)c4c(c(O)c32)C(=O)c2c(OC)cccc2C4=O)O[C@@H](C)[C@@H]1O. The molecule has 0 bridgehead atoms. The van der Waals surface area contributed by atoms with Crippen LogP contribution in [-0.4, -0.2) is 93.8 Å². The van der Waals surface area contributed by atoms with Crippen LogP contribution in [0.4, 0.5) is 0 Å². The highest BCUT2D eigenvalue weighted by molar-refractivity contribution is 6.31. The van der Waals surface area contributed by atoms with E-state index >= 15 is 0 Å². The first-order valence-electron chi connectivity index (χ1n) is 12.9. The minimum Gasteiger partial charge on any atom is -0.507 e. The summed E-state index contributed by atoms with van der Waals surface area (Å²) in [4.78, 5) is 39.9. The Morgan fingerprint density at radius 1 is 1.15 bits per heavy atom. The van der Waals surface area contributed by atoms with Crippen molar-refractivity contribution >= 4 is 17.3 Å². The number of benzene rings is 2. The topological polar surface area (TPSA) is 192 Å². The lowest BCUT2D eigenvalue weighted by Crippen LogP contribution is -2.53. The fourth-order valence-corrected chi connectivity index (χ4v) is 6.00. The van der Waals surface area contributed by atoms with Gasteiger partial charge in [-0.2, -0.15) is 0 Å². The molecule has 6 atom stereocenters. The highest BCUT2D eigenvalue weighted by Gasteiger charge is 2.50. The maximum absolute atomic E-state index is 13.7. The number of methoxy groups -OCH3 is 1. The van der Waals surface area contributed by atoms with Gasteiger partial charge in [-0.05, 0) is 20.0 Å². The lowest BCUT2D eigenvalue weighted by Gasteiger charge is -2.42. The van der Waals surface area contributed by atoms with Crippen LogP contribution in [0.25, 0.3) is 0 Å². The molecule has 1 saturated heterocycles. The van der Waals surface area contributed by atoms with Crippen LogP contribution in [-0.2, 0) is 20.7 Å². The van der Waals surface area contributed by atoms with E-state index < -0.39 is 95.7 Å². The van der Waals surface area contributed by atoms with E-state index in [9.17, 15) is 39.9 Å². The second-order valence-corrected chi connectivity index (χ2v) is 10.4. The van der Waals surface area contributed by atoms with E-state index in [1.165, 1.54) is 25.3 Å². The molecule has 214 valence electrons. The first-order chi connectivity index (χ1) is 19.0. The Hall–Kier alpha value is -3.39. The van der Waals surface area contributed by atoms with Gasteiger partial charge in [0.15, 0.2) is 17.9 Å². The molecule has 6 N–H and O–H groups in total. The fourth-order valence-electron chi connectivity index (χ4n) is 6.00. The van der Waals surface area contributed by atoms with Gasteiger partial charge in [0.05, 0.1) is 42.1 Å². The molecule has 1 aliphatic heterocycles. The summed E-state index contributed by atoms with van der Waals surface area (Å²) in [5.41, 5.74) is -3.52. The lowest BCUT2D eigenvalue weighted by molar-refractivity contribution is -0.249. The molecule has 0 radical (unpaired) electrons. The van der Waals surface area contributed by atoms with Crippen molar-refractivity contribution in [2.24, 2.45) is 0 Å². The zero-order valence-electron chi connectivity index (χ0n) is 22.1. The second kappa shape index (κ2) is 10.2. The molecule has 12 nitrogen and oxygen atoms in total. The van der Waals surface area contributed by atoms with E-state index in [-0.39, 0.29) is 34.4 Å². The van der Waals surface area contributed by atoms with Crippen LogP contribution in [0.1, 0.15) is 68.8 Å². The minimum atomic E-state index is -2.23. The molecular formula is C28H31NO11. The summed E-state index contributed by atoms with van der Waals surface area (Å²) in [6, 6.07) is 3.96. The molecule has 0 unspecified atom stereocenters. The van der Waals surface area contributed by atoms with Gasteiger partial charge in [0.1, 0.15) is 29.5 Å². The third kappa shape index (κ3) is 4.19. The van der Waals surface area contributed by atoms with E-state index in [1.54, 1.807) is 14.0 Å². The van der Waals surface area contributed by atoms with E-state index in [1.807, 2.05) is 0 Å². The van der Waals surface area contributed by atoms with Crippen molar-refractivity contribution < 1.29 is 54.1 Å². The Morgan fingerprint density at radius 3 is 2.50 bits per heavy atom. The zero-order valence-corrected chi connectivity index (χ0v) is 22.1. The molecule has 1 fully saturated rings. The summed E-state index contributed by atoms with van der Waals surface area (Å²) in [6.07, 6.45) is -4.66. The molecule has 0 amide bonds. The zero-order chi connectivity index (χ0) is 29.1. The van der Waals surface area contributed by atoms with Crippen LogP contribution in [0.2, 0.25) is 0 Å². The van der Waals surface area contributed by atoms with Gasteiger partial charge in [-0.25, -0.2) is 0 Å². The number of nitrogens with one attached hydrogen (secondary N) is 1. The predicted octanol–water partition coefficient (Wildman–Crippen LogP) is 0.262. The predicted molar refractivity (Wildman–Crippen MR) is 137 cm³/mol. The molecule has 0 saturated carbocycles. The van der Waals surface area contributed by atoms with Crippen LogP contribution >= 0.6 is 0 Å². The molecule has 0 spiro atoms. The van der Waals surface area contributed by atoms with Gasteiger partial charge in [0, 0.05) is 42.0 Å². The van der Waals surface area contributed by atoms with Gasteiger partial charge in [-0.1, -0.05) is 12.1 Å². The average Bonchev–Trinajstić information content (AvgIpc) is 2.94. The second-order valence-electron chi connectivity index (χ2n) is 10.4. The maximum Gasteiger partial charge on any atom is 0.202 e.